The third-order valence-electron chi connectivity index (χ3n) is 4.74. The molecule has 2 aromatic carbocycles. The van der Waals surface area contributed by atoms with Gasteiger partial charge in [0, 0.05) is 0 Å². The first-order chi connectivity index (χ1) is 17.0. The average molecular weight is 577 g/mol. The van der Waals surface area contributed by atoms with E-state index in [0.717, 1.165) is 0 Å². The molecule has 0 fully saturated rings. The van der Waals surface area contributed by atoms with Gasteiger partial charge in [0.1, 0.15) is 5.69 Å². The number of rotatable bonds is 8. The van der Waals surface area contributed by atoms with Crippen LogP contribution in [0.1, 0.15) is 26.3 Å². The molecule has 7 nitrogen and oxygen atoms in total. The molecule has 0 saturated heterocycles. The molecule has 0 bridgehead atoms. The Bertz CT molecular complexity index is 1270. The second-order valence-electron chi connectivity index (χ2n) is 7.14. The van der Waals surface area contributed by atoms with Gasteiger partial charge in [0.15, 0.2) is 41.4 Å². The van der Waals surface area contributed by atoms with Crippen LogP contribution in [0.3, 0.4) is 0 Å². The Morgan fingerprint density at radius 2 is 1.61 bits per heavy atom. The normalized spacial score (nSPS) is 14.4. The lowest BCUT2D eigenvalue weighted by Crippen LogP contribution is -2.25. The summed E-state index contributed by atoms with van der Waals surface area (Å²) in [6, 6.07) is 2.96. The van der Waals surface area contributed by atoms with Gasteiger partial charge >= 0.3 is 5.97 Å². The van der Waals surface area contributed by atoms with Crippen LogP contribution < -0.4 is 14.5 Å². The number of hydrogen-bond acceptors (Lipinski definition) is 6. The van der Waals surface area contributed by atoms with Crippen molar-refractivity contribution in [1.29, 1.82) is 0 Å². The summed E-state index contributed by atoms with van der Waals surface area (Å²) in [7, 11) is 0. The topological polar surface area (TPSA) is 77.4 Å². The minimum Gasteiger partial charge on any atom is -0.490 e. The van der Waals surface area contributed by atoms with Crippen molar-refractivity contribution in [2.75, 3.05) is 24.8 Å². The van der Waals surface area contributed by atoms with E-state index in [-0.39, 0.29) is 41.0 Å². The van der Waals surface area contributed by atoms with Gasteiger partial charge in [-0.25, -0.2) is 26.7 Å². The van der Waals surface area contributed by atoms with E-state index in [1.54, 1.807) is 13.8 Å². The molecule has 3 rings (SSSR count). The fourth-order valence-electron chi connectivity index (χ4n) is 3.19. The first kappa shape index (κ1) is 27.1. The highest BCUT2D eigenvalue weighted by molar-refractivity contribution is 9.10. The highest BCUT2D eigenvalue weighted by Gasteiger charge is 2.37. The molecule has 0 aliphatic carbocycles. The molecule has 0 radical (unpaired) electrons. The summed E-state index contributed by atoms with van der Waals surface area (Å²) in [6.45, 7) is 4.66. The lowest BCUT2D eigenvalue weighted by Gasteiger charge is -2.15. The van der Waals surface area contributed by atoms with Gasteiger partial charge < -0.3 is 14.2 Å². The summed E-state index contributed by atoms with van der Waals surface area (Å²) in [4.78, 5) is 24.5. The van der Waals surface area contributed by atoms with Gasteiger partial charge in [-0.1, -0.05) is 0 Å². The summed E-state index contributed by atoms with van der Waals surface area (Å²) in [6.07, 6.45) is 1.29. The number of carbonyl (C=O) groups is 2. The van der Waals surface area contributed by atoms with Gasteiger partial charge in [-0.3, -0.25) is 4.79 Å². The number of ether oxygens (including phenoxy) is 3. The Morgan fingerprint density at radius 3 is 2.19 bits per heavy atom. The molecule has 1 aliphatic rings. The summed E-state index contributed by atoms with van der Waals surface area (Å²) >= 11 is 3.30. The number of anilines is 1. The van der Waals surface area contributed by atoms with E-state index in [4.69, 9.17) is 14.2 Å². The Morgan fingerprint density at radius 1 is 1.00 bits per heavy atom. The fraction of sp³-hybridized carbons (Fsp3) is 0.261. The predicted molar refractivity (Wildman–Crippen MR) is 122 cm³/mol. The molecule has 1 aliphatic heterocycles. The summed E-state index contributed by atoms with van der Waals surface area (Å²) < 4.78 is 85.4. The van der Waals surface area contributed by atoms with Crippen LogP contribution in [0.15, 0.2) is 27.3 Å². The zero-order valence-electron chi connectivity index (χ0n) is 19.1. The largest absolute Gasteiger partial charge is 0.490 e. The second kappa shape index (κ2) is 11.1. The van der Waals surface area contributed by atoms with Crippen molar-refractivity contribution in [3.05, 3.63) is 56.8 Å². The number of hydrogen-bond donors (Lipinski definition) is 0. The van der Waals surface area contributed by atoms with Crippen LogP contribution in [0.5, 0.6) is 11.5 Å². The van der Waals surface area contributed by atoms with Gasteiger partial charge in [0.2, 0.25) is 5.82 Å². The number of nitrogens with zero attached hydrogens (tertiary/aromatic N) is 2. The minimum absolute atomic E-state index is 0.0411. The molecule has 1 heterocycles. The van der Waals surface area contributed by atoms with Crippen molar-refractivity contribution in [2.24, 2.45) is 5.10 Å². The van der Waals surface area contributed by atoms with Crippen molar-refractivity contribution in [3.63, 3.8) is 0 Å². The lowest BCUT2D eigenvalue weighted by molar-refractivity contribution is -0.145. The van der Waals surface area contributed by atoms with Crippen LogP contribution in [0, 0.1) is 29.1 Å². The van der Waals surface area contributed by atoms with E-state index in [1.807, 2.05) is 0 Å². The van der Waals surface area contributed by atoms with Crippen molar-refractivity contribution < 1.29 is 45.8 Å². The molecule has 0 N–H and O–H groups in total. The van der Waals surface area contributed by atoms with Gasteiger partial charge in [-0.15, -0.1) is 0 Å². The minimum atomic E-state index is -2.35. The van der Waals surface area contributed by atoms with Crippen LogP contribution in [-0.2, 0) is 14.3 Å². The van der Waals surface area contributed by atoms with Crippen molar-refractivity contribution >= 4 is 45.3 Å². The van der Waals surface area contributed by atoms with E-state index in [2.05, 4.69) is 21.0 Å². The van der Waals surface area contributed by atoms with E-state index in [0.29, 0.717) is 10.0 Å². The predicted octanol–water partition coefficient (Wildman–Crippen LogP) is 5.29. The monoisotopic (exact) mass is 576 g/mol. The maximum Gasteiger partial charge on any atom is 0.344 e. The van der Waals surface area contributed by atoms with Crippen LogP contribution >= 0.6 is 15.9 Å². The van der Waals surface area contributed by atoms with E-state index < -0.39 is 53.3 Å². The second-order valence-corrected chi connectivity index (χ2v) is 7.99. The third-order valence-corrected chi connectivity index (χ3v) is 5.33. The zero-order valence-corrected chi connectivity index (χ0v) is 20.6. The van der Waals surface area contributed by atoms with Crippen molar-refractivity contribution in [1.82, 2.24) is 0 Å². The number of carbonyl (C=O) groups excluding carboxylic acids is 2. The zero-order chi connectivity index (χ0) is 26.7. The highest BCUT2D eigenvalue weighted by Crippen LogP contribution is 2.39. The molecule has 0 spiro atoms. The van der Waals surface area contributed by atoms with Crippen LogP contribution in [0.25, 0.3) is 6.08 Å². The molecule has 0 saturated carbocycles. The molecular formula is C23H18BrF5N2O5. The Labute approximate surface area is 210 Å². The molecule has 36 heavy (non-hydrogen) atoms. The summed E-state index contributed by atoms with van der Waals surface area (Å²) in [5.74, 6) is -12.5. The first-order valence-electron chi connectivity index (χ1n) is 10.4. The Kier molecular flexibility index (Phi) is 8.33. The number of hydrazone groups is 1. The standard InChI is InChI=1S/C23H18BrF5N2O5/c1-4-34-14-8-11(7-13(24)22(14)36-9-15(32)35-5-2)6-12-10(3)30-31(23(12)33)21-19(28)17(26)16(25)18(27)20(21)29/h6-8H,4-5,9H2,1-3H3/b12-6+. The Balaban J connectivity index is 1.99. The van der Waals surface area contributed by atoms with Gasteiger partial charge in [0.05, 0.1) is 29.0 Å². The molecule has 0 aromatic heterocycles. The third kappa shape index (κ3) is 5.20. The molecular weight excluding hydrogens is 559 g/mol. The maximum absolute atomic E-state index is 14.2. The Hall–Kier alpha value is -3.48. The maximum atomic E-state index is 14.2. The smallest absolute Gasteiger partial charge is 0.344 e. The van der Waals surface area contributed by atoms with Crippen LogP contribution in [0.4, 0.5) is 27.6 Å². The number of amides is 1. The van der Waals surface area contributed by atoms with Crippen LogP contribution in [-0.4, -0.2) is 37.4 Å². The fourth-order valence-corrected chi connectivity index (χ4v) is 3.76. The van der Waals surface area contributed by atoms with E-state index in [9.17, 15) is 31.5 Å². The quantitative estimate of drug-likeness (QED) is 0.140. The summed E-state index contributed by atoms with van der Waals surface area (Å²) in [5.41, 5.74) is -1.36. The number of benzene rings is 2. The SMILES string of the molecule is CCOC(=O)COc1c(Br)cc(/C=C2/C(=O)N(c3c(F)c(F)c(F)c(F)c3F)N=C2C)cc1OCC. The van der Waals surface area contributed by atoms with Gasteiger partial charge in [-0.2, -0.15) is 10.1 Å². The highest BCUT2D eigenvalue weighted by atomic mass is 79.9. The van der Waals surface area contributed by atoms with Crippen LogP contribution in [0.2, 0.25) is 0 Å². The van der Waals surface area contributed by atoms with Crippen molar-refractivity contribution in [2.45, 2.75) is 20.8 Å². The van der Waals surface area contributed by atoms with Gasteiger partial charge in [0.25, 0.3) is 5.91 Å². The van der Waals surface area contributed by atoms with Gasteiger partial charge in [-0.05, 0) is 60.5 Å². The summed E-state index contributed by atoms with van der Waals surface area (Å²) in [5, 5.41) is 3.81. The molecule has 0 unspecified atom stereocenters. The molecule has 192 valence electrons. The lowest BCUT2D eigenvalue weighted by atomic mass is 10.1. The van der Waals surface area contributed by atoms with Crippen molar-refractivity contribution in [3.8, 4) is 11.5 Å². The molecule has 13 heteroatoms. The molecule has 2 aromatic rings. The van der Waals surface area contributed by atoms with E-state index >= 15 is 0 Å². The average Bonchev–Trinajstić information content (AvgIpc) is 3.09. The van der Waals surface area contributed by atoms with E-state index in [1.165, 1.54) is 25.1 Å². The molecule has 0 atom stereocenters. The molecule has 1 amide bonds. The number of esters is 1. The first-order valence-corrected chi connectivity index (χ1v) is 11.2. The number of halogens is 6.